The maximum Gasteiger partial charge on any atom is 0.269 e. The van der Waals surface area contributed by atoms with Gasteiger partial charge in [-0.15, -0.1) is 0 Å². The normalized spacial score (nSPS) is 21.0. The number of nitrogen functional groups attached to an aromatic ring is 1. The molecule has 0 bridgehead atoms. The molecule has 104 valence electrons. The summed E-state index contributed by atoms with van der Waals surface area (Å²) < 4.78 is 5.58. The van der Waals surface area contributed by atoms with E-state index in [0.717, 1.165) is 31.7 Å². The lowest BCUT2D eigenvalue weighted by Gasteiger charge is -2.22. The van der Waals surface area contributed by atoms with Crippen molar-refractivity contribution < 1.29 is 9.66 Å². The van der Waals surface area contributed by atoms with E-state index in [1.165, 1.54) is 6.07 Å². The van der Waals surface area contributed by atoms with Crippen LogP contribution in [0.2, 0.25) is 0 Å². The zero-order chi connectivity index (χ0) is 13.8. The van der Waals surface area contributed by atoms with Crippen LogP contribution in [0, 0.1) is 10.1 Å². The van der Waals surface area contributed by atoms with Gasteiger partial charge in [0.15, 0.2) is 0 Å². The molecule has 0 aliphatic carbocycles. The molecule has 2 N–H and O–H groups in total. The molecule has 0 amide bonds. The number of nitro groups is 1. The Kier molecular flexibility index (Phi) is 4.34. The van der Waals surface area contributed by atoms with Crippen LogP contribution in [-0.2, 0) is 11.3 Å². The summed E-state index contributed by atoms with van der Waals surface area (Å²) in [4.78, 5) is 12.6. The third-order valence-electron chi connectivity index (χ3n) is 3.27. The maximum atomic E-state index is 10.8. The van der Waals surface area contributed by atoms with Gasteiger partial charge in [0.1, 0.15) is 0 Å². The Balaban J connectivity index is 2.12. The van der Waals surface area contributed by atoms with Crippen molar-refractivity contribution in [1.82, 2.24) is 4.90 Å². The number of nitro benzene ring substituents is 1. The molecule has 0 saturated carbocycles. The number of benzene rings is 1. The summed E-state index contributed by atoms with van der Waals surface area (Å²) >= 11 is 0. The number of hydrogen-bond donors (Lipinski definition) is 1. The van der Waals surface area contributed by atoms with Crippen LogP contribution in [0.4, 0.5) is 11.4 Å². The monoisotopic (exact) mass is 265 g/mol. The van der Waals surface area contributed by atoms with E-state index in [1.807, 2.05) is 6.92 Å². The molecule has 19 heavy (non-hydrogen) atoms. The first-order valence-electron chi connectivity index (χ1n) is 6.43. The highest BCUT2D eigenvalue weighted by atomic mass is 16.6. The summed E-state index contributed by atoms with van der Waals surface area (Å²) in [6.45, 7) is 5.17. The number of anilines is 1. The Hall–Kier alpha value is -1.66. The number of nitrogens with zero attached hydrogens (tertiary/aromatic N) is 2. The lowest BCUT2D eigenvalue weighted by molar-refractivity contribution is -0.384. The fraction of sp³-hybridized carbons (Fsp3) is 0.538. The van der Waals surface area contributed by atoms with Gasteiger partial charge in [-0.2, -0.15) is 0 Å². The second-order valence-corrected chi connectivity index (χ2v) is 4.91. The van der Waals surface area contributed by atoms with Crippen LogP contribution in [0.5, 0.6) is 0 Å². The highest BCUT2D eigenvalue weighted by Crippen LogP contribution is 2.22. The van der Waals surface area contributed by atoms with E-state index in [4.69, 9.17) is 10.5 Å². The third-order valence-corrected chi connectivity index (χ3v) is 3.27. The molecule has 1 atom stereocenters. The highest BCUT2D eigenvalue weighted by Gasteiger charge is 2.17. The largest absolute Gasteiger partial charge is 0.398 e. The van der Waals surface area contributed by atoms with Gasteiger partial charge in [-0.3, -0.25) is 15.0 Å². The summed E-state index contributed by atoms with van der Waals surface area (Å²) in [6, 6.07) is 4.60. The molecular formula is C13H19N3O3. The molecule has 0 radical (unpaired) electrons. The van der Waals surface area contributed by atoms with Crippen molar-refractivity contribution in [3.05, 3.63) is 33.9 Å². The van der Waals surface area contributed by atoms with Crippen LogP contribution >= 0.6 is 0 Å². The fourth-order valence-electron chi connectivity index (χ4n) is 2.31. The predicted octanol–water partition coefficient (Wildman–Crippen LogP) is 1.79. The van der Waals surface area contributed by atoms with E-state index in [0.29, 0.717) is 12.2 Å². The average Bonchev–Trinajstić information content (AvgIpc) is 2.56. The van der Waals surface area contributed by atoms with Gasteiger partial charge >= 0.3 is 0 Å². The molecule has 6 nitrogen and oxygen atoms in total. The molecule has 1 unspecified atom stereocenters. The quantitative estimate of drug-likeness (QED) is 0.512. The molecule has 1 aliphatic heterocycles. The van der Waals surface area contributed by atoms with Crippen LogP contribution in [-0.4, -0.2) is 35.6 Å². The van der Waals surface area contributed by atoms with Crippen molar-refractivity contribution in [3.8, 4) is 0 Å². The van der Waals surface area contributed by atoms with Gasteiger partial charge in [0, 0.05) is 44.1 Å². The lowest BCUT2D eigenvalue weighted by Crippen LogP contribution is -2.30. The van der Waals surface area contributed by atoms with Crippen LogP contribution in [0.25, 0.3) is 0 Å². The molecule has 0 spiro atoms. The summed E-state index contributed by atoms with van der Waals surface area (Å²) in [7, 11) is 0. The molecule has 6 heteroatoms. The summed E-state index contributed by atoms with van der Waals surface area (Å²) in [5.41, 5.74) is 7.40. The van der Waals surface area contributed by atoms with Crippen LogP contribution < -0.4 is 5.73 Å². The topological polar surface area (TPSA) is 81.6 Å². The Morgan fingerprint density at radius 1 is 1.58 bits per heavy atom. The summed E-state index contributed by atoms with van der Waals surface area (Å²) in [5.74, 6) is 0. The van der Waals surface area contributed by atoms with Gasteiger partial charge in [-0.25, -0.2) is 0 Å². The minimum atomic E-state index is -0.392. The zero-order valence-corrected chi connectivity index (χ0v) is 11.0. The number of nitrogens with two attached hydrogens (primary N) is 1. The van der Waals surface area contributed by atoms with Gasteiger partial charge in [0.2, 0.25) is 0 Å². The van der Waals surface area contributed by atoms with Gasteiger partial charge in [0.25, 0.3) is 5.69 Å². The second-order valence-electron chi connectivity index (χ2n) is 4.91. The molecule has 1 fully saturated rings. The van der Waals surface area contributed by atoms with E-state index in [9.17, 15) is 10.1 Å². The average molecular weight is 265 g/mol. The first kappa shape index (κ1) is 13.8. The smallest absolute Gasteiger partial charge is 0.269 e. The Labute approximate surface area is 112 Å². The molecule has 1 heterocycles. The number of non-ortho nitro benzene ring substituents is 1. The molecule has 1 aliphatic rings. The lowest BCUT2D eigenvalue weighted by atomic mass is 10.1. The van der Waals surface area contributed by atoms with Gasteiger partial charge in [-0.05, 0) is 25.0 Å². The minimum absolute atomic E-state index is 0.0864. The Bertz CT molecular complexity index is 464. The number of hydrogen-bond acceptors (Lipinski definition) is 5. The standard InChI is InChI=1S/C13H19N3O3/c1-10-8-15(5-2-6-19-10)9-11-7-12(16(17)18)3-4-13(11)14/h3-4,7,10H,2,5-6,8-9,14H2,1H3. The van der Waals surface area contributed by atoms with Crippen molar-refractivity contribution in [3.63, 3.8) is 0 Å². The van der Waals surface area contributed by atoms with E-state index >= 15 is 0 Å². The Morgan fingerprint density at radius 3 is 3.11 bits per heavy atom. The summed E-state index contributed by atoms with van der Waals surface area (Å²) in [6.07, 6.45) is 1.15. The zero-order valence-electron chi connectivity index (χ0n) is 11.0. The maximum absolute atomic E-state index is 10.8. The van der Waals surface area contributed by atoms with Gasteiger partial charge < -0.3 is 10.5 Å². The van der Waals surface area contributed by atoms with Gasteiger partial charge in [0.05, 0.1) is 11.0 Å². The molecule has 0 aromatic heterocycles. The Morgan fingerprint density at radius 2 is 2.37 bits per heavy atom. The van der Waals surface area contributed by atoms with Crippen LogP contribution in [0.15, 0.2) is 18.2 Å². The third kappa shape index (κ3) is 3.65. The molecule has 2 rings (SSSR count). The van der Waals surface area contributed by atoms with Crippen molar-refractivity contribution in [1.29, 1.82) is 0 Å². The predicted molar refractivity (Wildman–Crippen MR) is 72.8 cm³/mol. The van der Waals surface area contributed by atoms with E-state index in [-0.39, 0.29) is 11.8 Å². The second kappa shape index (κ2) is 5.99. The molecule has 1 aromatic carbocycles. The van der Waals surface area contributed by atoms with E-state index in [1.54, 1.807) is 12.1 Å². The first-order chi connectivity index (χ1) is 9.06. The summed E-state index contributed by atoms with van der Waals surface area (Å²) in [5, 5.41) is 10.8. The number of ether oxygens (including phenoxy) is 1. The van der Waals surface area contributed by atoms with Crippen molar-refractivity contribution in [2.75, 3.05) is 25.4 Å². The van der Waals surface area contributed by atoms with Crippen molar-refractivity contribution in [2.24, 2.45) is 0 Å². The molecule has 1 saturated heterocycles. The number of rotatable bonds is 3. The molecular weight excluding hydrogens is 246 g/mol. The van der Waals surface area contributed by atoms with Crippen LogP contribution in [0.1, 0.15) is 18.9 Å². The van der Waals surface area contributed by atoms with Crippen molar-refractivity contribution in [2.45, 2.75) is 26.0 Å². The van der Waals surface area contributed by atoms with Gasteiger partial charge in [-0.1, -0.05) is 0 Å². The fourth-order valence-corrected chi connectivity index (χ4v) is 2.31. The molecule has 1 aromatic rings. The van der Waals surface area contributed by atoms with Crippen molar-refractivity contribution >= 4 is 11.4 Å². The van der Waals surface area contributed by atoms with E-state index < -0.39 is 4.92 Å². The minimum Gasteiger partial charge on any atom is -0.398 e. The first-order valence-corrected chi connectivity index (χ1v) is 6.43. The SMILES string of the molecule is CC1CN(Cc2cc([N+](=O)[O-])ccc2N)CCCO1. The van der Waals surface area contributed by atoms with E-state index in [2.05, 4.69) is 4.90 Å². The highest BCUT2D eigenvalue weighted by molar-refractivity contribution is 5.52. The van der Waals surface area contributed by atoms with Crippen LogP contribution in [0.3, 0.4) is 0 Å².